The van der Waals surface area contributed by atoms with Gasteiger partial charge in [-0.2, -0.15) is 0 Å². The number of aromatic nitrogens is 1. The van der Waals surface area contributed by atoms with E-state index >= 15 is 0 Å². The minimum Gasteiger partial charge on any atom is -0.489 e. The number of nitrogens with zero attached hydrogens (tertiary/aromatic N) is 3. The molecule has 0 radical (unpaired) electrons. The fraction of sp³-hybridized carbons (Fsp3) is 0.565. The Morgan fingerprint density at radius 1 is 1.30 bits per heavy atom. The van der Waals surface area contributed by atoms with Crippen LogP contribution in [0.4, 0.5) is 0 Å². The smallest absolute Gasteiger partial charge is 0.276 e. The molecule has 1 amide bonds. The molecular weight excluding hydrogens is 402 g/mol. The highest BCUT2D eigenvalue weighted by Gasteiger charge is 2.34. The van der Waals surface area contributed by atoms with Gasteiger partial charge in [0.2, 0.25) is 0 Å². The van der Waals surface area contributed by atoms with Gasteiger partial charge in [0.25, 0.3) is 5.91 Å². The van der Waals surface area contributed by atoms with Crippen molar-refractivity contribution in [3.05, 3.63) is 45.8 Å². The van der Waals surface area contributed by atoms with Gasteiger partial charge >= 0.3 is 0 Å². The summed E-state index contributed by atoms with van der Waals surface area (Å²) in [5, 5.41) is 4.64. The maximum absolute atomic E-state index is 12.6. The monoisotopic (exact) mass is 431 g/mol. The third-order valence-electron chi connectivity index (χ3n) is 6.36. The molecule has 0 unspecified atom stereocenters. The van der Waals surface area contributed by atoms with Crippen LogP contribution in [0, 0.1) is 19.8 Å². The molecule has 1 aromatic carbocycles. The Balaban J connectivity index is 1.28. The Labute approximate surface area is 183 Å². The zero-order valence-corrected chi connectivity index (χ0v) is 18.7. The van der Waals surface area contributed by atoms with Gasteiger partial charge in [-0.3, -0.25) is 9.69 Å². The first kappa shape index (κ1) is 21.2. The van der Waals surface area contributed by atoms with Crippen molar-refractivity contribution in [3.63, 3.8) is 0 Å². The van der Waals surface area contributed by atoms with Crippen LogP contribution >= 0.6 is 11.6 Å². The molecule has 0 N–H and O–H groups in total. The third-order valence-corrected chi connectivity index (χ3v) is 6.79. The van der Waals surface area contributed by atoms with Crippen LogP contribution < -0.4 is 4.74 Å². The number of carbonyl (C=O) groups excluding carboxylic acids is 1. The van der Waals surface area contributed by atoms with Crippen LogP contribution in [0.15, 0.2) is 22.7 Å². The molecule has 7 heteroatoms. The third kappa shape index (κ3) is 4.49. The summed E-state index contributed by atoms with van der Waals surface area (Å²) in [6.07, 6.45) is 4.52. The Morgan fingerprint density at radius 3 is 2.70 bits per heavy atom. The number of carbonyl (C=O) groups is 1. The highest BCUT2D eigenvalue weighted by Crippen LogP contribution is 2.36. The van der Waals surface area contributed by atoms with Crippen LogP contribution in [-0.4, -0.2) is 53.6 Å². The summed E-state index contributed by atoms with van der Waals surface area (Å²) >= 11 is 6.64. The molecule has 1 saturated carbocycles. The van der Waals surface area contributed by atoms with Crippen molar-refractivity contribution in [2.24, 2.45) is 5.92 Å². The Hall–Kier alpha value is -2.05. The van der Waals surface area contributed by atoms with Gasteiger partial charge in [-0.05, 0) is 70.2 Å². The first-order valence-corrected chi connectivity index (χ1v) is 11.1. The molecule has 4 rings (SSSR count). The van der Waals surface area contributed by atoms with Crippen molar-refractivity contribution < 1.29 is 14.1 Å². The largest absolute Gasteiger partial charge is 0.489 e. The predicted octanol–water partition coefficient (Wildman–Crippen LogP) is 4.47. The summed E-state index contributed by atoms with van der Waals surface area (Å²) in [6, 6.07) is 6.07. The molecule has 2 heterocycles. The molecule has 1 saturated heterocycles. The number of hydrogen-bond donors (Lipinski definition) is 0. The van der Waals surface area contributed by atoms with E-state index in [0.717, 1.165) is 54.4 Å². The van der Waals surface area contributed by atoms with Gasteiger partial charge in [0.15, 0.2) is 5.69 Å². The summed E-state index contributed by atoms with van der Waals surface area (Å²) in [5.74, 6) is 1.79. The Bertz CT molecular complexity index is 901. The van der Waals surface area contributed by atoms with Gasteiger partial charge in [0, 0.05) is 25.7 Å². The van der Waals surface area contributed by atoms with Gasteiger partial charge in [-0.1, -0.05) is 28.9 Å². The first-order chi connectivity index (χ1) is 14.4. The highest BCUT2D eigenvalue weighted by atomic mass is 35.5. The lowest BCUT2D eigenvalue weighted by Gasteiger charge is -2.37. The lowest BCUT2D eigenvalue weighted by Crippen LogP contribution is -2.42. The number of ether oxygens (including phenoxy) is 1. The van der Waals surface area contributed by atoms with E-state index in [1.807, 2.05) is 33.0 Å². The van der Waals surface area contributed by atoms with Crippen LogP contribution in [0.1, 0.15) is 53.1 Å². The van der Waals surface area contributed by atoms with Crippen molar-refractivity contribution >= 4 is 17.5 Å². The SMILES string of the molecule is Cc1onc(C(=O)N(C)CC2CC(Oc3cccc(CN4CCCC4)c3Cl)C2)c1C. The molecule has 2 aliphatic rings. The van der Waals surface area contributed by atoms with Crippen LogP contribution in [0.25, 0.3) is 0 Å². The van der Waals surface area contributed by atoms with E-state index < -0.39 is 0 Å². The minimum absolute atomic E-state index is 0.0913. The molecule has 0 atom stereocenters. The van der Waals surface area contributed by atoms with E-state index in [9.17, 15) is 4.79 Å². The zero-order chi connectivity index (χ0) is 21.3. The summed E-state index contributed by atoms with van der Waals surface area (Å²) in [5.41, 5.74) is 2.35. The fourth-order valence-electron chi connectivity index (χ4n) is 4.32. The molecule has 30 heavy (non-hydrogen) atoms. The fourth-order valence-corrected chi connectivity index (χ4v) is 4.55. The second-order valence-corrected chi connectivity index (χ2v) is 9.07. The topological polar surface area (TPSA) is 58.8 Å². The molecular formula is C23H30ClN3O3. The van der Waals surface area contributed by atoms with Crippen molar-refractivity contribution in [3.8, 4) is 5.75 Å². The summed E-state index contributed by atoms with van der Waals surface area (Å²) in [4.78, 5) is 16.8. The number of halogens is 1. The van der Waals surface area contributed by atoms with Crippen molar-refractivity contribution in [1.29, 1.82) is 0 Å². The maximum Gasteiger partial charge on any atom is 0.276 e. The summed E-state index contributed by atoms with van der Waals surface area (Å²) in [6.45, 7) is 7.54. The van der Waals surface area contributed by atoms with Gasteiger partial charge < -0.3 is 14.2 Å². The molecule has 162 valence electrons. The molecule has 6 nitrogen and oxygen atoms in total. The Morgan fingerprint density at radius 2 is 2.03 bits per heavy atom. The number of benzene rings is 1. The lowest BCUT2D eigenvalue weighted by molar-refractivity contribution is 0.0415. The average Bonchev–Trinajstić information content (AvgIpc) is 3.32. The van der Waals surface area contributed by atoms with Crippen molar-refractivity contribution in [2.45, 2.75) is 52.2 Å². The van der Waals surface area contributed by atoms with Gasteiger partial charge in [-0.15, -0.1) is 0 Å². The number of aryl methyl sites for hydroxylation is 1. The average molecular weight is 432 g/mol. The van der Waals surface area contributed by atoms with Gasteiger partial charge in [0.05, 0.1) is 11.1 Å². The van der Waals surface area contributed by atoms with Crippen molar-refractivity contribution in [1.82, 2.24) is 15.0 Å². The highest BCUT2D eigenvalue weighted by molar-refractivity contribution is 6.32. The number of likely N-dealkylation sites (tertiary alicyclic amines) is 1. The molecule has 1 aliphatic heterocycles. The molecule has 0 bridgehead atoms. The predicted molar refractivity (Wildman–Crippen MR) is 116 cm³/mol. The van der Waals surface area contributed by atoms with E-state index in [0.29, 0.717) is 23.9 Å². The molecule has 2 aromatic rings. The second kappa shape index (κ2) is 8.98. The Kier molecular flexibility index (Phi) is 6.34. The molecule has 1 aromatic heterocycles. The van der Waals surface area contributed by atoms with Crippen molar-refractivity contribution in [2.75, 3.05) is 26.7 Å². The van der Waals surface area contributed by atoms with E-state index in [1.165, 1.54) is 12.8 Å². The number of rotatable bonds is 7. The van der Waals surface area contributed by atoms with Crippen LogP contribution in [0.5, 0.6) is 5.75 Å². The minimum atomic E-state index is -0.0913. The van der Waals surface area contributed by atoms with E-state index in [2.05, 4.69) is 16.1 Å². The normalized spacial score (nSPS) is 21.5. The lowest BCUT2D eigenvalue weighted by atomic mass is 9.82. The second-order valence-electron chi connectivity index (χ2n) is 8.69. The molecule has 2 fully saturated rings. The van der Waals surface area contributed by atoms with E-state index in [4.69, 9.17) is 20.9 Å². The molecule has 0 spiro atoms. The van der Waals surface area contributed by atoms with Crippen LogP contribution in [0.2, 0.25) is 5.02 Å². The van der Waals surface area contributed by atoms with E-state index in [-0.39, 0.29) is 12.0 Å². The van der Waals surface area contributed by atoms with Crippen LogP contribution in [0.3, 0.4) is 0 Å². The maximum atomic E-state index is 12.6. The summed E-state index contributed by atoms with van der Waals surface area (Å²) in [7, 11) is 1.82. The van der Waals surface area contributed by atoms with Crippen LogP contribution in [-0.2, 0) is 6.54 Å². The first-order valence-electron chi connectivity index (χ1n) is 10.8. The number of hydrogen-bond acceptors (Lipinski definition) is 5. The van der Waals surface area contributed by atoms with E-state index in [1.54, 1.807) is 4.90 Å². The molecule has 1 aliphatic carbocycles. The number of amides is 1. The quantitative estimate of drug-likeness (QED) is 0.647. The van der Waals surface area contributed by atoms with Gasteiger partial charge in [-0.25, -0.2) is 0 Å². The standard InChI is InChI=1S/C23H30ClN3O3/c1-15-16(2)30-25-22(15)23(28)26(3)13-17-11-19(12-17)29-20-8-6-7-18(21(20)24)14-27-9-4-5-10-27/h6-8,17,19H,4-5,9-14H2,1-3H3. The van der Waals surface area contributed by atoms with Gasteiger partial charge in [0.1, 0.15) is 11.5 Å². The zero-order valence-electron chi connectivity index (χ0n) is 18.0. The summed E-state index contributed by atoms with van der Waals surface area (Å²) < 4.78 is 11.3.